The summed E-state index contributed by atoms with van der Waals surface area (Å²) in [5.41, 5.74) is 8.53. The molecule has 1 amide bonds. The monoisotopic (exact) mass is 550 g/mol. The number of fused-ring (bicyclic) bond motifs is 4. The summed E-state index contributed by atoms with van der Waals surface area (Å²) in [4.78, 5) is 26.9. The number of pyridine rings is 1. The van der Waals surface area contributed by atoms with Gasteiger partial charge in [-0.2, -0.15) is 11.8 Å². The van der Waals surface area contributed by atoms with Crippen LogP contribution in [0.5, 0.6) is 0 Å². The van der Waals surface area contributed by atoms with Crippen molar-refractivity contribution in [2.45, 2.75) is 62.2 Å². The van der Waals surface area contributed by atoms with Crippen LogP contribution in [0.4, 0.5) is 5.69 Å². The molecule has 0 unspecified atom stereocenters. The summed E-state index contributed by atoms with van der Waals surface area (Å²) in [5, 5.41) is 1.94. The van der Waals surface area contributed by atoms with Crippen molar-refractivity contribution in [3.8, 4) is 22.4 Å². The molecule has 2 fully saturated rings. The number of anilines is 1. The summed E-state index contributed by atoms with van der Waals surface area (Å²) in [5.74, 6) is 0.240. The van der Waals surface area contributed by atoms with Crippen LogP contribution in [-0.4, -0.2) is 52.4 Å². The molecule has 7 rings (SSSR count). The summed E-state index contributed by atoms with van der Waals surface area (Å²) in [6.07, 6.45) is 11.9. The first-order valence-corrected chi connectivity index (χ1v) is 16.1. The minimum Gasteiger partial charge on any atom is -0.339 e. The SMILES string of the molecule is CSC1CCN(Cc2ccc(-c3[nH]c4ncc5c(c4c3-c3ccccc3)C3(CCCCC3)C(=O)N5C)cc2)CC1. The van der Waals surface area contributed by atoms with Gasteiger partial charge in [0.15, 0.2) is 0 Å². The van der Waals surface area contributed by atoms with Crippen LogP contribution in [-0.2, 0) is 16.8 Å². The molecule has 0 radical (unpaired) electrons. The van der Waals surface area contributed by atoms with Gasteiger partial charge in [0.05, 0.1) is 23.0 Å². The molecule has 3 aliphatic rings. The Morgan fingerprint density at radius 1 is 0.975 bits per heavy atom. The lowest BCUT2D eigenvalue weighted by atomic mass is 9.69. The Hall–Kier alpha value is -3.09. The number of piperidine rings is 1. The molecule has 40 heavy (non-hydrogen) atoms. The second kappa shape index (κ2) is 10.4. The zero-order valence-electron chi connectivity index (χ0n) is 23.6. The largest absolute Gasteiger partial charge is 0.339 e. The van der Waals surface area contributed by atoms with E-state index in [1.807, 2.05) is 29.9 Å². The highest BCUT2D eigenvalue weighted by molar-refractivity contribution is 7.99. The average Bonchev–Trinajstić information content (AvgIpc) is 3.49. The maximum Gasteiger partial charge on any atom is 0.237 e. The quantitative estimate of drug-likeness (QED) is 0.281. The molecule has 1 saturated heterocycles. The predicted molar refractivity (Wildman–Crippen MR) is 167 cm³/mol. The van der Waals surface area contributed by atoms with Gasteiger partial charge in [0, 0.05) is 35.4 Å². The van der Waals surface area contributed by atoms with Gasteiger partial charge in [-0.25, -0.2) is 4.98 Å². The number of nitrogens with zero attached hydrogens (tertiary/aromatic N) is 3. The number of rotatable bonds is 5. The molecule has 5 nitrogen and oxygen atoms in total. The average molecular weight is 551 g/mol. The maximum atomic E-state index is 13.8. The number of hydrogen-bond donors (Lipinski definition) is 1. The zero-order chi connectivity index (χ0) is 27.3. The van der Waals surface area contributed by atoms with Crippen LogP contribution in [0.2, 0.25) is 0 Å². The molecule has 2 aromatic heterocycles. The van der Waals surface area contributed by atoms with E-state index < -0.39 is 5.41 Å². The molecular formula is C34H38N4OS. The Kier molecular flexibility index (Phi) is 6.71. The van der Waals surface area contributed by atoms with E-state index in [1.54, 1.807) is 0 Å². The molecule has 206 valence electrons. The fourth-order valence-corrected chi connectivity index (χ4v) is 8.17. The van der Waals surface area contributed by atoms with E-state index in [0.29, 0.717) is 0 Å². The topological polar surface area (TPSA) is 52.2 Å². The first-order chi connectivity index (χ1) is 19.6. The van der Waals surface area contributed by atoms with E-state index in [0.717, 1.165) is 71.0 Å². The Labute approximate surface area is 241 Å². The normalized spacial score (nSPS) is 19.6. The molecule has 1 aliphatic carbocycles. The molecule has 6 heteroatoms. The number of hydrogen-bond acceptors (Lipinski definition) is 4. The van der Waals surface area contributed by atoms with Crippen molar-refractivity contribution in [2.75, 3.05) is 31.3 Å². The van der Waals surface area contributed by atoms with Gasteiger partial charge < -0.3 is 9.88 Å². The van der Waals surface area contributed by atoms with Gasteiger partial charge in [0.1, 0.15) is 5.65 Å². The summed E-state index contributed by atoms with van der Waals surface area (Å²) < 4.78 is 0. The highest BCUT2D eigenvalue weighted by Crippen LogP contribution is 2.54. The maximum absolute atomic E-state index is 13.8. The van der Waals surface area contributed by atoms with Crippen molar-refractivity contribution < 1.29 is 4.79 Å². The van der Waals surface area contributed by atoms with Gasteiger partial charge in [-0.1, -0.05) is 73.9 Å². The zero-order valence-corrected chi connectivity index (χ0v) is 24.4. The number of carbonyl (C=O) groups excluding carboxylic acids is 1. The summed E-state index contributed by atoms with van der Waals surface area (Å²) in [7, 11) is 1.93. The van der Waals surface area contributed by atoms with Gasteiger partial charge in [-0.15, -0.1) is 0 Å². The van der Waals surface area contributed by atoms with Crippen molar-refractivity contribution in [3.63, 3.8) is 0 Å². The van der Waals surface area contributed by atoms with E-state index in [2.05, 4.69) is 70.7 Å². The fraction of sp³-hybridized carbons (Fsp3) is 0.412. The molecule has 2 aromatic carbocycles. The third-order valence-corrected chi connectivity index (χ3v) is 10.8. The van der Waals surface area contributed by atoms with Gasteiger partial charge in [0.2, 0.25) is 5.91 Å². The minimum absolute atomic E-state index is 0.240. The molecule has 0 bridgehead atoms. The second-order valence-electron chi connectivity index (χ2n) is 11.9. The van der Waals surface area contributed by atoms with E-state index in [1.165, 1.54) is 49.0 Å². The molecular weight excluding hydrogens is 512 g/mol. The Balaban J connectivity index is 1.33. The van der Waals surface area contributed by atoms with Crippen LogP contribution < -0.4 is 4.90 Å². The number of likely N-dealkylation sites (tertiary alicyclic amines) is 1. The lowest BCUT2D eigenvalue weighted by Crippen LogP contribution is -2.40. The smallest absolute Gasteiger partial charge is 0.237 e. The second-order valence-corrected chi connectivity index (χ2v) is 13.0. The standard InChI is InChI=1S/C34H38N4OS/c1-37-27-21-35-32-29(30(27)34(33(37)39)17-7-4-8-18-34)28(24-9-5-3-6-10-24)31(36-32)25-13-11-23(12-14-25)22-38-19-15-26(40-2)16-20-38/h3,5-6,9-14,21,26H,4,7-8,15-20,22H2,1-2H3,(H,35,36). The lowest BCUT2D eigenvalue weighted by molar-refractivity contribution is -0.124. The number of thioether (sulfide) groups is 1. The minimum atomic E-state index is -0.444. The Bertz CT molecular complexity index is 1530. The number of amides is 1. The van der Waals surface area contributed by atoms with Crippen LogP contribution in [0, 0.1) is 0 Å². The van der Waals surface area contributed by atoms with Crippen LogP contribution in [0.3, 0.4) is 0 Å². The Morgan fingerprint density at radius 2 is 1.70 bits per heavy atom. The van der Waals surface area contributed by atoms with Crippen LogP contribution >= 0.6 is 11.8 Å². The van der Waals surface area contributed by atoms with Gasteiger partial charge in [-0.05, 0) is 61.7 Å². The first-order valence-electron chi connectivity index (χ1n) is 14.8. The van der Waals surface area contributed by atoms with E-state index >= 15 is 0 Å². The molecule has 1 spiro atoms. The number of aromatic amines is 1. The van der Waals surface area contributed by atoms with Crippen molar-refractivity contribution in [1.29, 1.82) is 0 Å². The number of likely N-dealkylation sites (N-methyl/N-ethyl adjacent to an activating group) is 1. The first kappa shape index (κ1) is 25.8. The van der Waals surface area contributed by atoms with Crippen molar-refractivity contribution in [3.05, 3.63) is 71.9 Å². The highest BCUT2D eigenvalue weighted by Gasteiger charge is 2.51. The highest BCUT2D eigenvalue weighted by atomic mass is 32.2. The molecule has 2 aliphatic heterocycles. The summed E-state index contributed by atoms with van der Waals surface area (Å²) in [6.45, 7) is 3.36. The van der Waals surface area contributed by atoms with Crippen molar-refractivity contribution in [1.82, 2.24) is 14.9 Å². The lowest BCUT2D eigenvalue weighted by Gasteiger charge is -2.32. The van der Waals surface area contributed by atoms with E-state index in [-0.39, 0.29) is 5.91 Å². The fourth-order valence-electron chi connectivity index (χ4n) is 7.49. The number of carbonyl (C=O) groups is 1. The molecule has 4 heterocycles. The van der Waals surface area contributed by atoms with Crippen LogP contribution in [0.1, 0.15) is 56.1 Å². The van der Waals surface area contributed by atoms with Crippen LogP contribution in [0.25, 0.3) is 33.4 Å². The number of benzene rings is 2. The summed E-state index contributed by atoms with van der Waals surface area (Å²) >= 11 is 2.01. The van der Waals surface area contributed by atoms with E-state index in [4.69, 9.17) is 4.98 Å². The third kappa shape index (κ3) is 4.19. The summed E-state index contributed by atoms with van der Waals surface area (Å²) in [6, 6.07) is 19.7. The Morgan fingerprint density at radius 3 is 2.40 bits per heavy atom. The number of aromatic nitrogens is 2. The van der Waals surface area contributed by atoms with Crippen LogP contribution in [0.15, 0.2) is 60.8 Å². The molecule has 0 atom stereocenters. The molecule has 4 aromatic rings. The number of nitrogens with one attached hydrogen (secondary N) is 1. The van der Waals surface area contributed by atoms with Crippen molar-refractivity contribution >= 4 is 34.4 Å². The predicted octanol–water partition coefficient (Wildman–Crippen LogP) is 7.40. The van der Waals surface area contributed by atoms with E-state index in [9.17, 15) is 4.79 Å². The molecule has 1 N–H and O–H groups in total. The number of H-pyrrole nitrogens is 1. The van der Waals surface area contributed by atoms with Gasteiger partial charge in [-0.3, -0.25) is 9.69 Å². The van der Waals surface area contributed by atoms with Gasteiger partial charge in [0.25, 0.3) is 0 Å². The van der Waals surface area contributed by atoms with Crippen molar-refractivity contribution in [2.24, 2.45) is 0 Å². The third-order valence-electron chi connectivity index (χ3n) is 9.64. The molecule has 1 saturated carbocycles. The van der Waals surface area contributed by atoms with Gasteiger partial charge >= 0.3 is 0 Å².